The molecule has 1 aliphatic rings. The minimum absolute atomic E-state index is 0.0334. The Balaban J connectivity index is 1.93. The van der Waals surface area contributed by atoms with Crippen LogP contribution in [0.15, 0.2) is 18.2 Å². The number of hydrogen-bond donors (Lipinski definition) is 1. The lowest BCUT2D eigenvalue weighted by Gasteiger charge is -2.31. The number of halogens is 1. The number of nitrogens with one attached hydrogen (secondary N) is 1. The van der Waals surface area contributed by atoms with Gasteiger partial charge in [0.1, 0.15) is 0 Å². The van der Waals surface area contributed by atoms with Crippen molar-refractivity contribution in [2.45, 2.75) is 39.7 Å². The smallest absolute Gasteiger partial charge is 0.246 e. The second kappa shape index (κ2) is 10.5. The molecule has 0 bridgehead atoms. The van der Waals surface area contributed by atoms with Gasteiger partial charge in [-0.1, -0.05) is 25.4 Å². The van der Waals surface area contributed by atoms with Crippen LogP contribution >= 0.6 is 11.6 Å². The number of ether oxygens (including phenoxy) is 2. The van der Waals surface area contributed by atoms with E-state index in [0.717, 1.165) is 5.56 Å². The fourth-order valence-electron chi connectivity index (χ4n) is 3.18. The summed E-state index contributed by atoms with van der Waals surface area (Å²) in [6, 6.07) is 3.64. The minimum atomic E-state index is -0.0784. The van der Waals surface area contributed by atoms with Crippen LogP contribution in [0.1, 0.15) is 39.2 Å². The van der Waals surface area contributed by atoms with E-state index < -0.39 is 0 Å². The van der Waals surface area contributed by atoms with Gasteiger partial charge in [-0.15, -0.1) is 0 Å². The highest BCUT2D eigenvalue weighted by Gasteiger charge is 2.27. The number of methoxy groups -OCH3 is 2. The van der Waals surface area contributed by atoms with Crippen molar-refractivity contribution >= 4 is 29.5 Å². The highest BCUT2D eigenvalue weighted by Crippen LogP contribution is 2.36. The number of carbonyl (C=O) groups is 2. The zero-order valence-electron chi connectivity index (χ0n) is 17.8. The van der Waals surface area contributed by atoms with Crippen molar-refractivity contribution in [1.82, 2.24) is 10.2 Å². The van der Waals surface area contributed by atoms with E-state index in [9.17, 15) is 9.59 Å². The van der Waals surface area contributed by atoms with E-state index in [1.165, 1.54) is 20.3 Å². The van der Waals surface area contributed by atoms with Gasteiger partial charge in [0.25, 0.3) is 0 Å². The summed E-state index contributed by atoms with van der Waals surface area (Å²) >= 11 is 6.21. The highest BCUT2D eigenvalue weighted by molar-refractivity contribution is 6.32. The Morgan fingerprint density at radius 3 is 2.38 bits per heavy atom. The standard InChI is InChI=1S/C22H31ClN2O4/c1-14(2)15(3)24-22(27)17-8-10-25(11-9-17)20(26)7-6-16-12-18(23)21(29-5)19(13-16)28-4/h6-7,12-15,17H,8-11H2,1-5H3,(H,24,27)/b7-6+. The summed E-state index contributed by atoms with van der Waals surface area (Å²) in [6.07, 6.45) is 4.59. The number of rotatable bonds is 7. The molecule has 29 heavy (non-hydrogen) atoms. The molecule has 1 aliphatic heterocycles. The lowest BCUT2D eigenvalue weighted by atomic mass is 9.94. The summed E-state index contributed by atoms with van der Waals surface area (Å²) in [4.78, 5) is 26.7. The Kier molecular flexibility index (Phi) is 8.38. The molecule has 7 heteroatoms. The van der Waals surface area contributed by atoms with E-state index in [2.05, 4.69) is 19.2 Å². The number of likely N-dealkylation sites (tertiary alicyclic amines) is 1. The third-order valence-corrected chi connectivity index (χ3v) is 5.70. The van der Waals surface area contributed by atoms with Gasteiger partial charge in [-0.05, 0) is 49.5 Å². The summed E-state index contributed by atoms with van der Waals surface area (Å²) in [6.45, 7) is 7.34. The molecule has 1 heterocycles. The van der Waals surface area contributed by atoms with Crippen molar-refractivity contribution < 1.29 is 19.1 Å². The van der Waals surface area contributed by atoms with Gasteiger partial charge in [-0.25, -0.2) is 0 Å². The Hall–Kier alpha value is -2.21. The molecule has 2 amide bonds. The van der Waals surface area contributed by atoms with Crippen molar-refractivity contribution in [2.75, 3.05) is 27.3 Å². The number of piperidine rings is 1. The SMILES string of the molecule is COc1cc(/C=C/C(=O)N2CCC(C(=O)NC(C)C(C)C)CC2)cc(Cl)c1OC. The van der Waals surface area contributed by atoms with Crippen molar-refractivity contribution in [3.63, 3.8) is 0 Å². The monoisotopic (exact) mass is 422 g/mol. The number of amides is 2. The third kappa shape index (κ3) is 6.13. The molecule has 160 valence electrons. The molecule has 0 spiro atoms. The van der Waals surface area contributed by atoms with Gasteiger partial charge in [0.05, 0.1) is 19.2 Å². The maximum Gasteiger partial charge on any atom is 0.246 e. The van der Waals surface area contributed by atoms with E-state index in [1.807, 2.05) is 6.92 Å². The van der Waals surface area contributed by atoms with Gasteiger partial charge < -0.3 is 19.7 Å². The molecule has 1 aromatic rings. The van der Waals surface area contributed by atoms with Crippen LogP contribution in [-0.4, -0.2) is 50.1 Å². The normalized spacial score (nSPS) is 16.2. The molecule has 1 saturated heterocycles. The molecule has 6 nitrogen and oxygen atoms in total. The first-order chi connectivity index (χ1) is 13.8. The molecule has 1 fully saturated rings. The van der Waals surface area contributed by atoms with Crippen LogP contribution in [0.25, 0.3) is 6.08 Å². The summed E-state index contributed by atoms with van der Waals surface area (Å²) < 4.78 is 10.5. The van der Waals surface area contributed by atoms with Crippen molar-refractivity contribution in [2.24, 2.45) is 11.8 Å². The molecule has 1 atom stereocenters. The van der Waals surface area contributed by atoms with Gasteiger partial charge in [-0.3, -0.25) is 9.59 Å². The van der Waals surface area contributed by atoms with Crippen LogP contribution < -0.4 is 14.8 Å². The lowest BCUT2D eigenvalue weighted by Crippen LogP contribution is -2.45. The second-order valence-electron chi connectivity index (χ2n) is 7.71. The van der Waals surface area contributed by atoms with Gasteiger partial charge >= 0.3 is 0 Å². The quantitative estimate of drug-likeness (QED) is 0.679. The lowest BCUT2D eigenvalue weighted by molar-refractivity contribution is -0.132. The first-order valence-electron chi connectivity index (χ1n) is 9.95. The molecule has 1 N–H and O–H groups in total. The van der Waals surface area contributed by atoms with Crippen LogP contribution in [0.2, 0.25) is 5.02 Å². The maximum absolute atomic E-state index is 12.5. The molecule has 1 unspecified atom stereocenters. The second-order valence-corrected chi connectivity index (χ2v) is 8.12. The molecule has 0 aromatic heterocycles. The number of benzene rings is 1. The molecule has 1 aromatic carbocycles. The van der Waals surface area contributed by atoms with Crippen LogP contribution in [-0.2, 0) is 9.59 Å². The van der Waals surface area contributed by atoms with E-state index in [4.69, 9.17) is 21.1 Å². The van der Waals surface area contributed by atoms with Gasteiger partial charge in [-0.2, -0.15) is 0 Å². The third-order valence-electron chi connectivity index (χ3n) is 5.42. The molecule has 0 radical (unpaired) electrons. The maximum atomic E-state index is 12.5. The van der Waals surface area contributed by atoms with Gasteiger partial charge in [0, 0.05) is 31.1 Å². The zero-order valence-corrected chi connectivity index (χ0v) is 18.6. The van der Waals surface area contributed by atoms with Gasteiger partial charge in [0.2, 0.25) is 11.8 Å². The molecule has 2 rings (SSSR count). The molecular formula is C22H31ClN2O4. The van der Waals surface area contributed by atoms with Gasteiger partial charge in [0.15, 0.2) is 11.5 Å². The minimum Gasteiger partial charge on any atom is -0.493 e. The molecule has 0 aliphatic carbocycles. The predicted octanol–water partition coefficient (Wildman–Crippen LogP) is 3.77. The van der Waals surface area contributed by atoms with Crippen LogP contribution in [0.4, 0.5) is 0 Å². The zero-order chi connectivity index (χ0) is 21.6. The van der Waals surface area contributed by atoms with Crippen molar-refractivity contribution in [3.05, 3.63) is 28.8 Å². The summed E-state index contributed by atoms with van der Waals surface area (Å²) in [7, 11) is 3.06. The molecular weight excluding hydrogens is 392 g/mol. The Labute approximate surface area is 178 Å². The Morgan fingerprint density at radius 2 is 1.83 bits per heavy atom. The molecule has 0 saturated carbocycles. The van der Waals surface area contributed by atoms with Crippen LogP contribution in [0, 0.1) is 11.8 Å². The highest BCUT2D eigenvalue weighted by atomic mass is 35.5. The fourth-order valence-corrected chi connectivity index (χ4v) is 3.47. The Morgan fingerprint density at radius 1 is 1.17 bits per heavy atom. The Bertz CT molecular complexity index is 755. The van der Waals surface area contributed by atoms with E-state index in [-0.39, 0.29) is 23.8 Å². The summed E-state index contributed by atoms with van der Waals surface area (Å²) in [5.74, 6) is 1.35. The van der Waals surface area contributed by atoms with Crippen molar-refractivity contribution in [1.29, 1.82) is 0 Å². The fraction of sp³-hybridized carbons (Fsp3) is 0.545. The summed E-state index contributed by atoms with van der Waals surface area (Å²) in [5.41, 5.74) is 0.748. The number of hydrogen-bond acceptors (Lipinski definition) is 4. The topological polar surface area (TPSA) is 67.9 Å². The van der Waals surface area contributed by atoms with Crippen LogP contribution in [0.5, 0.6) is 11.5 Å². The van der Waals surface area contributed by atoms with Crippen molar-refractivity contribution in [3.8, 4) is 11.5 Å². The van der Waals surface area contributed by atoms with E-state index >= 15 is 0 Å². The largest absolute Gasteiger partial charge is 0.493 e. The first kappa shape index (κ1) is 23.1. The number of nitrogens with zero attached hydrogens (tertiary/aromatic N) is 1. The average molecular weight is 423 g/mol. The van der Waals surface area contributed by atoms with E-state index in [1.54, 1.807) is 23.1 Å². The first-order valence-corrected chi connectivity index (χ1v) is 10.3. The predicted molar refractivity (Wildman–Crippen MR) is 115 cm³/mol. The average Bonchev–Trinajstić information content (AvgIpc) is 2.71. The summed E-state index contributed by atoms with van der Waals surface area (Å²) in [5, 5.41) is 3.49. The van der Waals surface area contributed by atoms with E-state index in [0.29, 0.717) is 48.4 Å². The number of carbonyl (C=O) groups excluding carboxylic acids is 2. The van der Waals surface area contributed by atoms with Crippen LogP contribution in [0.3, 0.4) is 0 Å².